The minimum absolute atomic E-state index is 0.00175. The summed E-state index contributed by atoms with van der Waals surface area (Å²) in [6.07, 6.45) is 2.03. The second-order valence-corrected chi connectivity index (χ2v) is 8.72. The van der Waals surface area contributed by atoms with Crippen molar-refractivity contribution in [2.45, 2.75) is 17.6 Å². The number of thiophene rings is 1. The van der Waals surface area contributed by atoms with Gasteiger partial charge in [-0.25, -0.2) is 0 Å². The molecule has 0 aliphatic carbocycles. The summed E-state index contributed by atoms with van der Waals surface area (Å²) in [5.41, 5.74) is 1.94. The van der Waals surface area contributed by atoms with E-state index in [2.05, 4.69) is 15.5 Å². The van der Waals surface area contributed by atoms with E-state index >= 15 is 0 Å². The highest BCUT2D eigenvalue weighted by atomic mass is 32.2. The normalized spacial score (nSPS) is 11.8. The Morgan fingerprint density at radius 3 is 2.71 bits per heavy atom. The predicted molar refractivity (Wildman–Crippen MR) is 124 cm³/mol. The van der Waals surface area contributed by atoms with Crippen molar-refractivity contribution < 1.29 is 9.53 Å². The Morgan fingerprint density at radius 2 is 1.94 bits per heavy atom. The fourth-order valence-electron chi connectivity index (χ4n) is 3.20. The van der Waals surface area contributed by atoms with Crippen LogP contribution in [0.5, 0.6) is 5.75 Å². The molecule has 1 N–H and O–H groups in total. The van der Waals surface area contributed by atoms with Crippen molar-refractivity contribution in [3.8, 4) is 11.4 Å². The van der Waals surface area contributed by atoms with Crippen LogP contribution in [0.15, 0.2) is 83.6 Å². The molecule has 158 valence electrons. The number of thioether (sulfide) groups is 1. The average Bonchev–Trinajstić information content (AvgIpc) is 3.50. The number of hydrogen-bond acceptors (Lipinski definition) is 6. The minimum Gasteiger partial charge on any atom is -0.495 e. The second-order valence-electron chi connectivity index (χ2n) is 6.68. The summed E-state index contributed by atoms with van der Waals surface area (Å²) in [4.78, 5) is 13.8. The van der Waals surface area contributed by atoms with Crippen molar-refractivity contribution in [1.29, 1.82) is 0 Å². The van der Waals surface area contributed by atoms with Crippen LogP contribution in [0.2, 0.25) is 0 Å². The Hall–Kier alpha value is -3.10. The van der Waals surface area contributed by atoms with Gasteiger partial charge in [0.1, 0.15) is 12.1 Å². The van der Waals surface area contributed by atoms with E-state index in [1.165, 1.54) is 11.8 Å². The van der Waals surface area contributed by atoms with Gasteiger partial charge >= 0.3 is 0 Å². The number of nitrogens with zero attached hydrogens (tertiary/aromatic N) is 3. The second kappa shape index (κ2) is 10.3. The number of aromatic nitrogens is 3. The number of carbonyl (C=O) groups is 1. The van der Waals surface area contributed by atoms with Crippen molar-refractivity contribution >= 4 is 29.0 Å². The van der Waals surface area contributed by atoms with Gasteiger partial charge in [0.2, 0.25) is 5.91 Å². The summed E-state index contributed by atoms with van der Waals surface area (Å²) in [5.74, 6) is 1.33. The van der Waals surface area contributed by atoms with Gasteiger partial charge in [0.15, 0.2) is 5.16 Å². The molecular formula is C23H22N4O2S2. The standard InChI is InChI=1S/C23H22N4O2S2/c1-29-19-11-6-5-10-18(19)27-16-24-26-23(27)31-15-13-21(28)25-22(20-12-7-14-30-20)17-8-3-2-4-9-17/h2-12,14,16,22H,13,15H2,1H3,(H,25,28). The van der Waals surface area contributed by atoms with E-state index in [0.717, 1.165) is 27.0 Å². The molecule has 1 atom stereocenters. The van der Waals surface area contributed by atoms with Gasteiger partial charge in [0, 0.05) is 17.1 Å². The summed E-state index contributed by atoms with van der Waals surface area (Å²) >= 11 is 3.13. The summed E-state index contributed by atoms with van der Waals surface area (Å²) in [6, 6.07) is 21.6. The van der Waals surface area contributed by atoms with Crippen LogP contribution in [0.1, 0.15) is 22.9 Å². The molecule has 0 aliphatic heterocycles. The maximum atomic E-state index is 12.7. The number of nitrogens with one attached hydrogen (secondary N) is 1. The predicted octanol–water partition coefficient (Wildman–Crippen LogP) is 4.73. The fourth-order valence-corrected chi connectivity index (χ4v) is 4.87. The number of ether oxygens (including phenoxy) is 1. The lowest BCUT2D eigenvalue weighted by Gasteiger charge is -2.18. The molecular weight excluding hydrogens is 428 g/mol. The monoisotopic (exact) mass is 450 g/mol. The smallest absolute Gasteiger partial charge is 0.221 e. The number of amides is 1. The maximum absolute atomic E-state index is 12.7. The molecule has 0 bridgehead atoms. The Labute approximate surface area is 189 Å². The first-order valence-corrected chi connectivity index (χ1v) is 11.7. The quantitative estimate of drug-likeness (QED) is 0.374. The lowest BCUT2D eigenvalue weighted by atomic mass is 10.1. The van der Waals surface area contributed by atoms with Crippen molar-refractivity contribution in [1.82, 2.24) is 20.1 Å². The topological polar surface area (TPSA) is 69.0 Å². The zero-order chi connectivity index (χ0) is 21.5. The Morgan fingerprint density at radius 1 is 1.13 bits per heavy atom. The van der Waals surface area contributed by atoms with Crippen LogP contribution >= 0.6 is 23.1 Å². The third-order valence-corrected chi connectivity index (χ3v) is 6.57. The molecule has 6 nitrogen and oxygen atoms in total. The van der Waals surface area contributed by atoms with Gasteiger partial charge in [-0.05, 0) is 29.1 Å². The lowest BCUT2D eigenvalue weighted by Crippen LogP contribution is -2.29. The molecule has 1 amide bonds. The number of rotatable bonds is 9. The molecule has 2 heterocycles. The van der Waals surface area contributed by atoms with Gasteiger partial charge in [-0.2, -0.15) is 0 Å². The van der Waals surface area contributed by atoms with Crippen LogP contribution in [0.3, 0.4) is 0 Å². The molecule has 2 aromatic heterocycles. The average molecular weight is 451 g/mol. The first kappa shape index (κ1) is 21.1. The van der Waals surface area contributed by atoms with Crippen molar-refractivity contribution in [2.24, 2.45) is 0 Å². The summed E-state index contributed by atoms with van der Waals surface area (Å²) in [7, 11) is 1.64. The van der Waals surface area contributed by atoms with Crippen LogP contribution in [-0.2, 0) is 4.79 Å². The largest absolute Gasteiger partial charge is 0.495 e. The SMILES string of the molecule is COc1ccccc1-n1cnnc1SCCC(=O)NC(c1ccccc1)c1cccs1. The highest BCUT2D eigenvalue weighted by Crippen LogP contribution is 2.28. The van der Waals surface area contributed by atoms with Crippen LogP contribution in [0.25, 0.3) is 5.69 Å². The molecule has 0 radical (unpaired) electrons. The number of methoxy groups -OCH3 is 1. The highest BCUT2D eigenvalue weighted by Gasteiger charge is 2.18. The van der Waals surface area contributed by atoms with Crippen LogP contribution < -0.4 is 10.1 Å². The zero-order valence-corrected chi connectivity index (χ0v) is 18.6. The Kier molecular flexibility index (Phi) is 7.01. The first-order chi connectivity index (χ1) is 15.3. The first-order valence-electron chi connectivity index (χ1n) is 9.80. The van der Waals surface area contributed by atoms with E-state index in [4.69, 9.17) is 4.74 Å². The molecule has 0 fully saturated rings. The van der Waals surface area contributed by atoms with E-state index < -0.39 is 0 Å². The Bertz CT molecular complexity index is 1110. The van der Waals surface area contributed by atoms with Gasteiger partial charge in [-0.15, -0.1) is 21.5 Å². The molecule has 8 heteroatoms. The van der Waals surface area contributed by atoms with Crippen LogP contribution in [-0.4, -0.2) is 33.5 Å². The molecule has 1 unspecified atom stereocenters. The minimum atomic E-state index is -0.143. The molecule has 4 rings (SSSR count). The van der Waals surface area contributed by atoms with E-state index in [1.807, 2.05) is 76.7 Å². The van der Waals surface area contributed by atoms with Crippen molar-refractivity contribution in [2.75, 3.05) is 12.9 Å². The zero-order valence-electron chi connectivity index (χ0n) is 17.0. The molecule has 0 saturated carbocycles. The number of para-hydroxylation sites is 2. The van der Waals surface area contributed by atoms with Crippen molar-refractivity contribution in [3.05, 3.63) is 88.9 Å². The molecule has 0 aliphatic rings. The van der Waals surface area contributed by atoms with E-state index in [1.54, 1.807) is 24.8 Å². The summed E-state index contributed by atoms with van der Waals surface area (Å²) in [5, 5.41) is 14.2. The molecule has 4 aromatic rings. The summed E-state index contributed by atoms with van der Waals surface area (Å²) in [6.45, 7) is 0. The third kappa shape index (κ3) is 5.15. The van der Waals surface area contributed by atoms with Crippen LogP contribution in [0, 0.1) is 0 Å². The van der Waals surface area contributed by atoms with Gasteiger partial charge in [0.05, 0.1) is 18.8 Å². The Balaban J connectivity index is 1.39. The molecule has 0 saturated heterocycles. The maximum Gasteiger partial charge on any atom is 0.221 e. The lowest BCUT2D eigenvalue weighted by molar-refractivity contribution is -0.121. The van der Waals surface area contributed by atoms with Gasteiger partial charge < -0.3 is 10.1 Å². The number of benzene rings is 2. The number of carbonyl (C=O) groups excluding carboxylic acids is 1. The number of hydrogen-bond donors (Lipinski definition) is 1. The van der Waals surface area contributed by atoms with Gasteiger partial charge in [0.25, 0.3) is 0 Å². The van der Waals surface area contributed by atoms with Crippen LogP contribution in [0.4, 0.5) is 0 Å². The third-order valence-electron chi connectivity index (χ3n) is 4.69. The van der Waals surface area contributed by atoms with E-state index in [9.17, 15) is 4.79 Å². The van der Waals surface area contributed by atoms with Gasteiger partial charge in [-0.1, -0.05) is 60.3 Å². The fraction of sp³-hybridized carbons (Fsp3) is 0.174. The molecule has 31 heavy (non-hydrogen) atoms. The molecule has 2 aromatic carbocycles. The van der Waals surface area contributed by atoms with Gasteiger partial charge in [-0.3, -0.25) is 9.36 Å². The van der Waals surface area contributed by atoms with E-state index in [0.29, 0.717) is 12.2 Å². The van der Waals surface area contributed by atoms with Crippen molar-refractivity contribution in [3.63, 3.8) is 0 Å². The van der Waals surface area contributed by atoms with E-state index in [-0.39, 0.29) is 11.9 Å². The molecule has 0 spiro atoms. The summed E-state index contributed by atoms with van der Waals surface area (Å²) < 4.78 is 7.31. The highest BCUT2D eigenvalue weighted by molar-refractivity contribution is 7.99.